The number of hydrogen-bond donors (Lipinski definition) is 2. The Hall–Kier alpha value is -2.39. The van der Waals surface area contributed by atoms with E-state index in [1.807, 2.05) is 6.07 Å². The lowest BCUT2D eigenvalue weighted by Gasteiger charge is -2.12. The lowest BCUT2D eigenvalue weighted by molar-refractivity contribution is -0.121. The van der Waals surface area contributed by atoms with Crippen molar-refractivity contribution >= 4 is 34.8 Å². The first-order valence-corrected chi connectivity index (χ1v) is 5.84. The molecule has 2 N–H and O–H groups in total. The van der Waals surface area contributed by atoms with Crippen molar-refractivity contribution in [1.82, 2.24) is 5.43 Å². The second-order valence-corrected chi connectivity index (χ2v) is 4.26. The molecule has 0 spiro atoms. The van der Waals surface area contributed by atoms with E-state index in [-0.39, 0.29) is 29.5 Å². The first-order valence-electron chi connectivity index (χ1n) is 5.46. The Morgan fingerprint density at radius 1 is 1.47 bits per heavy atom. The van der Waals surface area contributed by atoms with Gasteiger partial charge < -0.3 is 5.32 Å². The van der Waals surface area contributed by atoms with E-state index in [0.717, 1.165) is 0 Å². The smallest absolute Gasteiger partial charge is 0.271 e. The molecule has 7 heteroatoms. The third kappa shape index (κ3) is 3.09. The molecular weight excluding hydrogens is 268 g/mol. The van der Waals surface area contributed by atoms with E-state index < -0.39 is 5.91 Å². The Kier molecular flexibility index (Phi) is 3.78. The van der Waals surface area contributed by atoms with E-state index in [1.54, 1.807) is 12.1 Å². The first-order chi connectivity index (χ1) is 9.10. The van der Waals surface area contributed by atoms with Crippen LogP contribution in [0.4, 0.5) is 5.69 Å². The predicted octanol–water partition coefficient (Wildman–Crippen LogP) is 1.42. The maximum atomic E-state index is 11.9. The monoisotopic (exact) mass is 276 g/mol. The van der Waals surface area contributed by atoms with Crippen LogP contribution in [0.3, 0.4) is 0 Å². The highest BCUT2D eigenvalue weighted by molar-refractivity contribution is 6.44. The van der Waals surface area contributed by atoms with Crippen LogP contribution < -0.4 is 10.7 Å². The van der Waals surface area contributed by atoms with Gasteiger partial charge in [0.1, 0.15) is 5.71 Å². The number of hydrazone groups is 1. The molecule has 19 heavy (non-hydrogen) atoms. The highest BCUT2D eigenvalue weighted by atomic mass is 35.5. The van der Waals surface area contributed by atoms with Crippen LogP contribution in [0.5, 0.6) is 0 Å². The van der Waals surface area contributed by atoms with Crippen LogP contribution in [0, 0.1) is 11.3 Å². The number of nitrogens with one attached hydrogen (secondary N) is 2. The summed E-state index contributed by atoms with van der Waals surface area (Å²) < 4.78 is 0. The van der Waals surface area contributed by atoms with Crippen molar-refractivity contribution in [2.75, 3.05) is 5.32 Å². The Balaban J connectivity index is 2.11. The SMILES string of the molecule is N#Cc1ccc(NC(=O)C2=NNC(=O)CC2)c(Cl)c1. The Labute approximate surface area is 114 Å². The van der Waals surface area contributed by atoms with Gasteiger partial charge in [-0.1, -0.05) is 11.6 Å². The highest BCUT2D eigenvalue weighted by Crippen LogP contribution is 2.23. The third-order valence-corrected chi connectivity index (χ3v) is 2.83. The molecule has 1 aromatic carbocycles. The van der Waals surface area contributed by atoms with Crippen LogP contribution in [0.15, 0.2) is 23.3 Å². The average molecular weight is 277 g/mol. The molecule has 0 saturated carbocycles. The zero-order valence-electron chi connectivity index (χ0n) is 9.74. The lowest BCUT2D eigenvalue weighted by atomic mass is 10.1. The molecule has 0 unspecified atom stereocenters. The van der Waals surface area contributed by atoms with Gasteiger partial charge in [-0.25, -0.2) is 5.43 Å². The zero-order chi connectivity index (χ0) is 13.8. The minimum atomic E-state index is -0.424. The normalized spacial score (nSPS) is 14.1. The molecule has 0 fully saturated rings. The number of anilines is 1. The van der Waals surface area contributed by atoms with Gasteiger partial charge in [-0.2, -0.15) is 10.4 Å². The van der Waals surface area contributed by atoms with Gasteiger partial charge in [-0.3, -0.25) is 9.59 Å². The molecule has 0 bridgehead atoms. The number of carbonyl (C=O) groups is 2. The lowest BCUT2D eigenvalue weighted by Crippen LogP contribution is -2.32. The fourth-order valence-corrected chi connectivity index (χ4v) is 1.75. The van der Waals surface area contributed by atoms with Gasteiger partial charge in [-0.05, 0) is 18.2 Å². The summed E-state index contributed by atoms with van der Waals surface area (Å²) in [5, 5.41) is 15.2. The molecule has 0 saturated heterocycles. The molecule has 0 aliphatic carbocycles. The molecule has 0 aromatic heterocycles. The van der Waals surface area contributed by atoms with Crippen LogP contribution >= 0.6 is 11.6 Å². The second kappa shape index (κ2) is 5.50. The average Bonchev–Trinajstić information content (AvgIpc) is 2.41. The van der Waals surface area contributed by atoms with Crippen molar-refractivity contribution < 1.29 is 9.59 Å². The number of halogens is 1. The van der Waals surface area contributed by atoms with E-state index >= 15 is 0 Å². The predicted molar refractivity (Wildman–Crippen MR) is 69.6 cm³/mol. The molecule has 1 heterocycles. The van der Waals surface area contributed by atoms with Gasteiger partial charge in [0.05, 0.1) is 22.3 Å². The number of carbonyl (C=O) groups excluding carboxylic acids is 2. The van der Waals surface area contributed by atoms with Gasteiger partial charge in [0.25, 0.3) is 5.91 Å². The first kappa shape index (κ1) is 13.1. The van der Waals surface area contributed by atoms with Gasteiger partial charge in [0.2, 0.25) is 5.91 Å². The molecule has 2 amide bonds. The number of hydrogen-bond acceptors (Lipinski definition) is 4. The van der Waals surface area contributed by atoms with Gasteiger partial charge >= 0.3 is 0 Å². The highest BCUT2D eigenvalue weighted by Gasteiger charge is 2.19. The maximum absolute atomic E-state index is 11.9. The minimum absolute atomic E-state index is 0.215. The second-order valence-electron chi connectivity index (χ2n) is 3.85. The van der Waals surface area contributed by atoms with Gasteiger partial charge in [0, 0.05) is 12.8 Å². The number of amides is 2. The molecule has 2 rings (SSSR count). The van der Waals surface area contributed by atoms with Gasteiger partial charge in [-0.15, -0.1) is 0 Å². The van der Waals surface area contributed by atoms with E-state index in [2.05, 4.69) is 15.8 Å². The van der Waals surface area contributed by atoms with Crippen LogP contribution in [-0.4, -0.2) is 17.5 Å². The fourth-order valence-electron chi connectivity index (χ4n) is 1.52. The van der Waals surface area contributed by atoms with Crippen molar-refractivity contribution in [3.05, 3.63) is 28.8 Å². The summed E-state index contributed by atoms with van der Waals surface area (Å²) in [6, 6.07) is 6.50. The summed E-state index contributed by atoms with van der Waals surface area (Å²) >= 11 is 5.94. The van der Waals surface area contributed by atoms with E-state index in [4.69, 9.17) is 16.9 Å². The Morgan fingerprint density at radius 2 is 2.26 bits per heavy atom. The fraction of sp³-hybridized carbons (Fsp3) is 0.167. The third-order valence-electron chi connectivity index (χ3n) is 2.51. The molecule has 0 atom stereocenters. The van der Waals surface area contributed by atoms with E-state index in [1.165, 1.54) is 6.07 Å². The summed E-state index contributed by atoms with van der Waals surface area (Å²) in [7, 11) is 0. The summed E-state index contributed by atoms with van der Waals surface area (Å²) in [5.74, 6) is -0.639. The minimum Gasteiger partial charge on any atom is -0.320 e. The van der Waals surface area contributed by atoms with Crippen LogP contribution in [0.1, 0.15) is 18.4 Å². The van der Waals surface area contributed by atoms with Crippen LogP contribution in [-0.2, 0) is 9.59 Å². The molecule has 1 aliphatic heterocycles. The zero-order valence-corrected chi connectivity index (χ0v) is 10.5. The summed E-state index contributed by atoms with van der Waals surface area (Å²) in [6.45, 7) is 0. The Bertz CT molecular complexity index is 619. The van der Waals surface area contributed by atoms with Crippen molar-refractivity contribution in [1.29, 1.82) is 5.26 Å². The molecular formula is C12H9ClN4O2. The van der Waals surface area contributed by atoms with Crippen LogP contribution in [0.25, 0.3) is 0 Å². The van der Waals surface area contributed by atoms with Crippen LogP contribution in [0.2, 0.25) is 5.02 Å². The number of nitrogens with zero attached hydrogens (tertiary/aromatic N) is 2. The maximum Gasteiger partial charge on any atom is 0.271 e. The number of nitriles is 1. The van der Waals surface area contributed by atoms with E-state index in [0.29, 0.717) is 11.3 Å². The van der Waals surface area contributed by atoms with Crippen molar-refractivity contribution in [3.8, 4) is 6.07 Å². The van der Waals surface area contributed by atoms with Crippen molar-refractivity contribution in [3.63, 3.8) is 0 Å². The Morgan fingerprint density at radius 3 is 2.84 bits per heavy atom. The number of benzene rings is 1. The van der Waals surface area contributed by atoms with Crippen molar-refractivity contribution in [2.24, 2.45) is 5.10 Å². The van der Waals surface area contributed by atoms with E-state index in [9.17, 15) is 9.59 Å². The molecule has 0 radical (unpaired) electrons. The molecule has 1 aromatic rings. The molecule has 6 nitrogen and oxygen atoms in total. The largest absolute Gasteiger partial charge is 0.320 e. The number of rotatable bonds is 2. The molecule has 1 aliphatic rings. The summed E-state index contributed by atoms with van der Waals surface area (Å²) in [4.78, 5) is 22.8. The summed E-state index contributed by atoms with van der Waals surface area (Å²) in [5.41, 5.74) is 3.28. The standard InChI is InChI=1S/C12H9ClN4O2/c13-8-5-7(6-14)1-2-9(8)15-12(19)10-3-4-11(18)17-16-10/h1-2,5H,3-4H2,(H,15,19)(H,17,18). The summed E-state index contributed by atoms with van der Waals surface area (Å²) in [6.07, 6.45) is 0.513. The molecule has 96 valence electrons. The quantitative estimate of drug-likeness (QED) is 0.855. The van der Waals surface area contributed by atoms with Crippen molar-refractivity contribution in [2.45, 2.75) is 12.8 Å². The topological polar surface area (TPSA) is 94.3 Å². The van der Waals surface area contributed by atoms with Gasteiger partial charge in [0.15, 0.2) is 0 Å².